The van der Waals surface area contributed by atoms with Crippen LogP contribution in [0.25, 0.3) is 10.8 Å². The summed E-state index contributed by atoms with van der Waals surface area (Å²) >= 11 is 5.19. The molecular weight excluding hydrogens is 470 g/mol. The lowest BCUT2D eigenvalue weighted by atomic mass is 9.78. The highest BCUT2D eigenvalue weighted by molar-refractivity contribution is 9.10. The summed E-state index contributed by atoms with van der Waals surface area (Å²) in [7, 11) is 0. The van der Waals surface area contributed by atoms with Gasteiger partial charge in [0.25, 0.3) is 0 Å². The molecule has 5 rings (SSSR count). The number of fused-ring (bicyclic) bond motifs is 1. The van der Waals surface area contributed by atoms with E-state index in [4.69, 9.17) is 5.73 Å². The van der Waals surface area contributed by atoms with E-state index in [0.717, 1.165) is 54.8 Å². The molecule has 2 N–H and O–H groups in total. The fourth-order valence-electron chi connectivity index (χ4n) is 4.67. The number of aryl methyl sites for hydroxylation is 1. The van der Waals surface area contributed by atoms with Crippen LogP contribution in [0, 0.1) is 18.3 Å². The van der Waals surface area contributed by atoms with Crippen LogP contribution >= 0.6 is 27.3 Å². The number of allylic oxidation sites excluding steroid dienone is 3. The van der Waals surface area contributed by atoms with Crippen molar-refractivity contribution in [3.05, 3.63) is 85.4 Å². The van der Waals surface area contributed by atoms with Gasteiger partial charge in [-0.05, 0) is 53.2 Å². The SMILES string of the molecule is Cc1sc(C2C(C#N)=C(N)N(c3cccc4ccccc34)C3=C2C(=O)CCC3)cc1Br. The second-order valence-electron chi connectivity index (χ2n) is 7.87. The number of nitrogens with zero attached hydrogens (tertiary/aromatic N) is 2. The Balaban J connectivity index is 1.80. The molecule has 2 aliphatic rings. The summed E-state index contributed by atoms with van der Waals surface area (Å²) in [6.07, 6.45) is 2.04. The third-order valence-corrected chi connectivity index (χ3v) is 8.28. The van der Waals surface area contributed by atoms with Gasteiger partial charge in [0.2, 0.25) is 0 Å². The highest BCUT2D eigenvalue weighted by Crippen LogP contribution is 2.49. The average molecular weight is 490 g/mol. The molecule has 31 heavy (non-hydrogen) atoms. The summed E-state index contributed by atoms with van der Waals surface area (Å²) in [4.78, 5) is 17.3. The van der Waals surface area contributed by atoms with Gasteiger partial charge in [0.1, 0.15) is 5.82 Å². The van der Waals surface area contributed by atoms with Gasteiger partial charge in [-0.3, -0.25) is 9.69 Å². The Morgan fingerprint density at radius 2 is 1.97 bits per heavy atom. The number of carbonyl (C=O) groups is 1. The van der Waals surface area contributed by atoms with Crippen molar-refractivity contribution < 1.29 is 4.79 Å². The largest absolute Gasteiger partial charge is 0.384 e. The van der Waals surface area contributed by atoms with Gasteiger partial charge in [0.05, 0.1) is 23.2 Å². The lowest BCUT2D eigenvalue weighted by Crippen LogP contribution is -2.38. The molecule has 0 amide bonds. The maximum absolute atomic E-state index is 13.2. The van der Waals surface area contributed by atoms with Crippen molar-refractivity contribution in [3.63, 3.8) is 0 Å². The molecule has 0 saturated heterocycles. The lowest BCUT2D eigenvalue weighted by Gasteiger charge is -2.39. The number of ketones is 1. The fourth-order valence-corrected chi connectivity index (χ4v) is 6.35. The van der Waals surface area contributed by atoms with Gasteiger partial charge in [-0.2, -0.15) is 5.26 Å². The molecule has 0 saturated carbocycles. The second-order valence-corrected chi connectivity index (χ2v) is 10.0. The van der Waals surface area contributed by atoms with E-state index in [9.17, 15) is 10.1 Å². The molecule has 6 heteroatoms. The van der Waals surface area contributed by atoms with Gasteiger partial charge >= 0.3 is 0 Å². The molecule has 4 nitrogen and oxygen atoms in total. The molecule has 0 fully saturated rings. The van der Waals surface area contributed by atoms with Gasteiger partial charge in [-0.1, -0.05) is 36.4 Å². The van der Waals surface area contributed by atoms with Crippen LogP contribution in [-0.2, 0) is 4.79 Å². The normalized spacial score (nSPS) is 19.1. The first-order valence-corrected chi connectivity index (χ1v) is 11.8. The van der Waals surface area contributed by atoms with E-state index in [0.29, 0.717) is 17.8 Å². The zero-order chi connectivity index (χ0) is 21.7. The molecule has 1 unspecified atom stereocenters. The number of nitriles is 1. The van der Waals surface area contributed by atoms with Gasteiger partial charge < -0.3 is 5.73 Å². The number of hydrogen-bond acceptors (Lipinski definition) is 5. The third-order valence-electron chi connectivity index (χ3n) is 6.08. The van der Waals surface area contributed by atoms with Crippen LogP contribution in [0.1, 0.15) is 34.9 Å². The van der Waals surface area contributed by atoms with Gasteiger partial charge in [-0.15, -0.1) is 11.3 Å². The molecular formula is C25H20BrN3OS. The van der Waals surface area contributed by atoms with Crippen LogP contribution in [0.15, 0.2) is 75.7 Å². The Morgan fingerprint density at radius 1 is 1.19 bits per heavy atom. The topological polar surface area (TPSA) is 70.1 Å². The van der Waals surface area contributed by atoms with Gasteiger partial charge in [0.15, 0.2) is 5.78 Å². The van der Waals surface area contributed by atoms with E-state index in [1.807, 2.05) is 42.2 Å². The molecule has 0 radical (unpaired) electrons. The van der Waals surface area contributed by atoms with E-state index >= 15 is 0 Å². The quantitative estimate of drug-likeness (QED) is 0.459. The number of carbonyl (C=O) groups excluding carboxylic acids is 1. The summed E-state index contributed by atoms with van der Waals surface area (Å²) in [5.74, 6) is 0.118. The van der Waals surface area contributed by atoms with Crippen LogP contribution in [0.5, 0.6) is 0 Å². The zero-order valence-corrected chi connectivity index (χ0v) is 19.4. The van der Waals surface area contributed by atoms with Crippen LogP contribution in [0.3, 0.4) is 0 Å². The van der Waals surface area contributed by atoms with Gasteiger partial charge in [-0.25, -0.2) is 0 Å². The van der Waals surface area contributed by atoms with Crippen LogP contribution in [-0.4, -0.2) is 5.78 Å². The number of halogens is 1. The van der Waals surface area contributed by atoms with Crippen molar-refractivity contribution in [3.8, 4) is 6.07 Å². The van der Waals surface area contributed by atoms with Crippen molar-refractivity contribution >= 4 is 49.5 Å². The summed E-state index contributed by atoms with van der Waals surface area (Å²) in [6, 6.07) is 18.6. The maximum atomic E-state index is 13.2. The third kappa shape index (κ3) is 3.12. The highest BCUT2D eigenvalue weighted by atomic mass is 79.9. The smallest absolute Gasteiger partial charge is 0.161 e. The predicted octanol–water partition coefficient (Wildman–Crippen LogP) is 6.28. The zero-order valence-electron chi connectivity index (χ0n) is 17.0. The lowest BCUT2D eigenvalue weighted by molar-refractivity contribution is -0.116. The predicted molar refractivity (Wildman–Crippen MR) is 129 cm³/mol. The second kappa shape index (κ2) is 7.67. The van der Waals surface area contributed by atoms with Crippen molar-refractivity contribution in [2.75, 3.05) is 4.90 Å². The Bertz CT molecular complexity index is 1320. The molecule has 0 spiro atoms. The molecule has 1 aromatic heterocycles. The molecule has 3 aromatic rings. The van der Waals surface area contributed by atoms with E-state index in [-0.39, 0.29) is 5.78 Å². The first kappa shape index (κ1) is 20.0. The molecule has 1 aliphatic heterocycles. The molecule has 2 aromatic carbocycles. The Hall–Kier alpha value is -2.88. The number of nitrogens with two attached hydrogens (primary N) is 1. The summed E-state index contributed by atoms with van der Waals surface area (Å²) in [5.41, 5.74) is 9.71. The average Bonchev–Trinajstić information content (AvgIpc) is 3.11. The number of rotatable bonds is 2. The number of thiophene rings is 1. The molecule has 1 aliphatic carbocycles. The monoisotopic (exact) mass is 489 g/mol. The molecule has 0 bridgehead atoms. The number of anilines is 1. The van der Waals surface area contributed by atoms with E-state index in [1.165, 1.54) is 0 Å². The van der Waals surface area contributed by atoms with E-state index in [2.05, 4.69) is 40.2 Å². The van der Waals surface area contributed by atoms with Crippen LogP contribution in [0.4, 0.5) is 5.69 Å². The molecule has 1 atom stereocenters. The number of Topliss-reactive ketones (excluding diaryl/α,β-unsaturated/α-hetero) is 1. The minimum Gasteiger partial charge on any atom is -0.384 e. The van der Waals surface area contributed by atoms with E-state index < -0.39 is 5.92 Å². The van der Waals surface area contributed by atoms with Crippen molar-refractivity contribution in [2.24, 2.45) is 5.73 Å². The standard InChI is InChI=1S/C25H20BrN3OS/c1-14-18(26)12-22(31-14)23-17(13-27)25(28)29(20-10-5-11-21(30)24(20)23)19-9-4-7-15-6-2-3-8-16(15)19/h2-4,6-9,12,23H,5,10-11,28H2,1H3. The van der Waals surface area contributed by atoms with E-state index in [1.54, 1.807) is 11.3 Å². The van der Waals surface area contributed by atoms with Crippen molar-refractivity contribution in [2.45, 2.75) is 32.1 Å². The summed E-state index contributed by atoms with van der Waals surface area (Å²) < 4.78 is 0.991. The first-order chi connectivity index (χ1) is 15.0. The minimum absolute atomic E-state index is 0.110. The number of benzene rings is 2. The maximum Gasteiger partial charge on any atom is 0.161 e. The van der Waals surface area contributed by atoms with Crippen LogP contribution < -0.4 is 10.6 Å². The molecule has 154 valence electrons. The fraction of sp³-hybridized carbons (Fsp3) is 0.200. The Kier molecular flexibility index (Phi) is 4.96. The summed E-state index contributed by atoms with van der Waals surface area (Å²) in [6.45, 7) is 2.03. The highest BCUT2D eigenvalue weighted by Gasteiger charge is 2.41. The van der Waals surface area contributed by atoms with Crippen molar-refractivity contribution in [1.29, 1.82) is 5.26 Å². The first-order valence-electron chi connectivity index (χ1n) is 10.2. The Labute approximate surface area is 193 Å². The Morgan fingerprint density at radius 3 is 2.71 bits per heavy atom. The minimum atomic E-state index is -0.408. The molecule has 2 heterocycles. The van der Waals surface area contributed by atoms with Gasteiger partial charge in [0, 0.05) is 37.3 Å². The number of hydrogen-bond donors (Lipinski definition) is 1. The van der Waals surface area contributed by atoms with Crippen molar-refractivity contribution in [1.82, 2.24) is 0 Å². The summed E-state index contributed by atoms with van der Waals surface area (Å²) in [5, 5.41) is 12.3. The van der Waals surface area contributed by atoms with Crippen LogP contribution in [0.2, 0.25) is 0 Å².